The Morgan fingerprint density at radius 3 is 2.65 bits per heavy atom. The van der Waals surface area contributed by atoms with Crippen LogP contribution >= 0.6 is 0 Å². The predicted octanol–water partition coefficient (Wildman–Crippen LogP) is 5.30. The first-order chi connectivity index (χ1) is 12.6. The standard InChI is InChI=1S/C21H22N4O/c1-5-25(18-8-9-19-17(10-18)12-22-23-19)20-11-16(7-6-13(20)2)21-14(3)24-26-15(21)4/h6-12H,5H2,1-4H3,(H,22,23). The molecule has 0 saturated heterocycles. The van der Waals surface area contributed by atoms with Gasteiger partial charge in [-0.3, -0.25) is 5.10 Å². The van der Waals surface area contributed by atoms with E-state index in [9.17, 15) is 0 Å². The first kappa shape index (κ1) is 16.4. The molecule has 0 saturated carbocycles. The Bertz CT molecular complexity index is 1060. The lowest BCUT2D eigenvalue weighted by Gasteiger charge is -2.26. The number of fused-ring (bicyclic) bond motifs is 1. The quantitative estimate of drug-likeness (QED) is 0.545. The maximum Gasteiger partial charge on any atom is 0.141 e. The van der Waals surface area contributed by atoms with Crippen LogP contribution in [0.15, 0.2) is 47.1 Å². The molecule has 0 aliphatic carbocycles. The molecule has 0 aliphatic heterocycles. The zero-order valence-electron chi connectivity index (χ0n) is 15.5. The fourth-order valence-electron chi connectivity index (χ4n) is 3.54. The van der Waals surface area contributed by atoms with Gasteiger partial charge in [-0.15, -0.1) is 0 Å². The number of H-pyrrole nitrogens is 1. The first-order valence-corrected chi connectivity index (χ1v) is 8.83. The molecule has 2 aromatic heterocycles. The minimum Gasteiger partial charge on any atom is -0.361 e. The van der Waals surface area contributed by atoms with Gasteiger partial charge in [-0.05, 0) is 63.1 Å². The minimum atomic E-state index is 0.847. The summed E-state index contributed by atoms with van der Waals surface area (Å²) >= 11 is 0. The highest BCUT2D eigenvalue weighted by Crippen LogP contribution is 2.35. The van der Waals surface area contributed by atoms with Crippen molar-refractivity contribution in [2.75, 3.05) is 11.4 Å². The summed E-state index contributed by atoms with van der Waals surface area (Å²) < 4.78 is 5.36. The molecule has 0 fully saturated rings. The van der Waals surface area contributed by atoms with Gasteiger partial charge in [0.15, 0.2) is 0 Å². The van der Waals surface area contributed by atoms with E-state index in [0.29, 0.717) is 0 Å². The van der Waals surface area contributed by atoms with Gasteiger partial charge in [0, 0.05) is 28.9 Å². The topological polar surface area (TPSA) is 58.0 Å². The molecule has 0 atom stereocenters. The third kappa shape index (κ3) is 2.65. The third-order valence-corrected chi connectivity index (χ3v) is 4.87. The smallest absolute Gasteiger partial charge is 0.141 e. The van der Waals surface area contributed by atoms with Gasteiger partial charge >= 0.3 is 0 Å². The number of rotatable bonds is 4. The van der Waals surface area contributed by atoms with Crippen LogP contribution in [0.2, 0.25) is 0 Å². The fraction of sp³-hybridized carbons (Fsp3) is 0.238. The van der Waals surface area contributed by atoms with E-state index in [2.05, 4.69) is 70.5 Å². The van der Waals surface area contributed by atoms with Gasteiger partial charge in [0.1, 0.15) is 5.76 Å². The van der Waals surface area contributed by atoms with Gasteiger partial charge in [0.05, 0.1) is 17.4 Å². The molecule has 5 nitrogen and oxygen atoms in total. The molecule has 2 aromatic carbocycles. The van der Waals surface area contributed by atoms with Crippen molar-refractivity contribution in [1.82, 2.24) is 15.4 Å². The molecule has 26 heavy (non-hydrogen) atoms. The molecular weight excluding hydrogens is 324 g/mol. The van der Waals surface area contributed by atoms with Crippen molar-refractivity contribution >= 4 is 22.3 Å². The van der Waals surface area contributed by atoms with Gasteiger partial charge in [-0.2, -0.15) is 5.10 Å². The second-order valence-corrected chi connectivity index (χ2v) is 6.59. The average molecular weight is 346 g/mol. The third-order valence-electron chi connectivity index (χ3n) is 4.87. The predicted molar refractivity (Wildman–Crippen MR) is 105 cm³/mol. The molecule has 1 N–H and O–H groups in total. The fourth-order valence-corrected chi connectivity index (χ4v) is 3.54. The molecule has 0 bridgehead atoms. The molecule has 0 amide bonds. The summed E-state index contributed by atoms with van der Waals surface area (Å²) in [7, 11) is 0. The summed E-state index contributed by atoms with van der Waals surface area (Å²) in [4.78, 5) is 2.32. The maximum absolute atomic E-state index is 5.36. The Balaban J connectivity index is 1.83. The van der Waals surface area contributed by atoms with Crippen LogP contribution < -0.4 is 4.90 Å². The van der Waals surface area contributed by atoms with Gasteiger partial charge in [0.25, 0.3) is 0 Å². The molecule has 0 aliphatic rings. The second-order valence-electron chi connectivity index (χ2n) is 6.59. The van der Waals surface area contributed by atoms with Gasteiger partial charge in [-0.25, -0.2) is 0 Å². The molecule has 5 heteroatoms. The molecule has 0 unspecified atom stereocenters. The SMILES string of the molecule is CCN(c1ccc2[nH]ncc2c1)c1cc(-c2c(C)noc2C)ccc1C. The van der Waals surface area contributed by atoms with E-state index in [1.807, 2.05) is 20.0 Å². The molecule has 132 valence electrons. The summed E-state index contributed by atoms with van der Waals surface area (Å²) in [5, 5.41) is 12.3. The lowest BCUT2D eigenvalue weighted by molar-refractivity contribution is 0.393. The zero-order chi connectivity index (χ0) is 18.3. The van der Waals surface area contributed by atoms with Crippen molar-refractivity contribution in [3.05, 3.63) is 59.6 Å². The lowest BCUT2D eigenvalue weighted by Crippen LogP contribution is -2.17. The largest absolute Gasteiger partial charge is 0.361 e. The number of hydrogen-bond acceptors (Lipinski definition) is 4. The normalized spacial score (nSPS) is 11.2. The van der Waals surface area contributed by atoms with Crippen molar-refractivity contribution in [2.24, 2.45) is 0 Å². The molecule has 0 radical (unpaired) electrons. The van der Waals surface area contributed by atoms with Crippen LogP contribution in [0.5, 0.6) is 0 Å². The number of aromatic nitrogens is 3. The number of nitrogens with one attached hydrogen (secondary N) is 1. The van der Waals surface area contributed by atoms with E-state index in [1.165, 1.54) is 11.3 Å². The van der Waals surface area contributed by atoms with Crippen molar-refractivity contribution < 1.29 is 4.52 Å². The molecule has 2 heterocycles. The van der Waals surface area contributed by atoms with Crippen LogP contribution in [0.25, 0.3) is 22.0 Å². The minimum absolute atomic E-state index is 0.847. The highest BCUT2D eigenvalue weighted by Gasteiger charge is 2.16. The van der Waals surface area contributed by atoms with E-state index >= 15 is 0 Å². The molecule has 0 spiro atoms. The van der Waals surface area contributed by atoms with Crippen LogP contribution in [-0.4, -0.2) is 21.9 Å². The second kappa shape index (κ2) is 6.33. The van der Waals surface area contributed by atoms with Gasteiger partial charge < -0.3 is 9.42 Å². The van der Waals surface area contributed by atoms with E-state index in [4.69, 9.17) is 4.52 Å². The number of benzene rings is 2. The van der Waals surface area contributed by atoms with Crippen molar-refractivity contribution in [1.29, 1.82) is 0 Å². The molecule has 4 aromatic rings. The lowest BCUT2D eigenvalue weighted by atomic mass is 10.0. The Kier molecular flexibility index (Phi) is 3.99. The Morgan fingerprint density at radius 1 is 1.08 bits per heavy atom. The van der Waals surface area contributed by atoms with Crippen molar-refractivity contribution in [2.45, 2.75) is 27.7 Å². The number of anilines is 2. The molecule has 4 rings (SSSR count). The highest BCUT2D eigenvalue weighted by molar-refractivity contribution is 5.84. The molecular formula is C21H22N4O. The Morgan fingerprint density at radius 2 is 1.92 bits per heavy atom. The number of nitrogens with zero attached hydrogens (tertiary/aromatic N) is 3. The number of hydrogen-bond donors (Lipinski definition) is 1. The Labute approximate surface area is 152 Å². The van der Waals surface area contributed by atoms with Crippen LogP contribution in [0.1, 0.15) is 23.9 Å². The average Bonchev–Trinajstić information content (AvgIpc) is 3.23. The zero-order valence-corrected chi connectivity index (χ0v) is 15.5. The van der Waals surface area contributed by atoms with E-state index < -0.39 is 0 Å². The van der Waals surface area contributed by atoms with E-state index in [1.54, 1.807) is 0 Å². The highest BCUT2D eigenvalue weighted by atomic mass is 16.5. The van der Waals surface area contributed by atoms with Crippen LogP contribution in [0, 0.1) is 20.8 Å². The van der Waals surface area contributed by atoms with Crippen molar-refractivity contribution in [3.63, 3.8) is 0 Å². The van der Waals surface area contributed by atoms with E-state index in [0.717, 1.165) is 45.7 Å². The Hall–Kier alpha value is -3.08. The summed E-state index contributed by atoms with van der Waals surface area (Å²) in [6.45, 7) is 9.12. The summed E-state index contributed by atoms with van der Waals surface area (Å²) in [6, 6.07) is 12.9. The first-order valence-electron chi connectivity index (χ1n) is 8.83. The van der Waals surface area contributed by atoms with Gasteiger partial charge in [0.2, 0.25) is 0 Å². The number of aromatic amines is 1. The van der Waals surface area contributed by atoms with E-state index in [-0.39, 0.29) is 0 Å². The van der Waals surface area contributed by atoms with Crippen LogP contribution in [0.4, 0.5) is 11.4 Å². The number of aryl methyl sites for hydroxylation is 3. The van der Waals surface area contributed by atoms with Crippen molar-refractivity contribution in [3.8, 4) is 11.1 Å². The monoisotopic (exact) mass is 346 g/mol. The van der Waals surface area contributed by atoms with Gasteiger partial charge in [-0.1, -0.05) is 17.3 Å². The van der Waals surface area contributed by atoms with Crippen LogP contribution in [-0.2, 0) is 0 Å². The summed E-state index contributed by atoms with van der Waals surface area (Å²) in [5.74, 6) is 0.847. The van der Waals surface area contributed by atoms with Crippen LogP contribution in [0.3, 0.4) is 0 Å². The summed E-state index contributed by atoms with van der Waals surface area (Å²) in [5.41, 5.74) is 7.74. The summed E-state index contributed by atoms with van der Waals surface area (Å²) in [6.07, 6.45) is 1.86. The maximum atomic E-state index is 5.36.